The third-order valence-corrected chi connectivity index (χ3v) is 3.37. The van der Waals surface area contributed by atoms with E-state index in [0.717, 1.165) is 0 Å². The van der Waals surface area contributed by atoms with Gasteiger partial charge in [0.05, 0.1) is 25.4 Å². The molecule has 0 aliphatic carbocycles. The van der Waals surface area contributed by atoms with E-state index in [0.29, 0.717) is 38.5 Å². The zero-order valence-electron chi connectivity index (χ0n) is 14.3. The molecule has 0 saturated heterocycles. The smallest absolute Gasteiger partial charge is 0.305 e. The number of aliphatic hydroxyl groups excluding tert-OH is 2. The van der Waals surface area contributed by atoms with E-state index in [2.05, 4.69) is 13.2 Å². The summed E-state index contributed by atoms with van der Waals surface area (Å²) in [6.07, 6.45) is 5.66. The van der Waals surface area contributed by atoms with E-state index in [1.165, 1.54) is 12.2 Å². The summed E-state index contributed by atoms with van der Waals surface area (Å²) in [6, 6.07) is 0. The van der Waals surface area contributed by atoms with Crippen LogP contribution in [0.5, 0.6) is 0 Å². The molecular formula is C18H30O6. The molecule has 0 heterocycles. The maximum absolute atomic E-state index is 11.5. The molecule has 0 amide bonds. The highest BCUT2D eigenvalue weighted by atomic mass is 16.5. The summed E-state index contributed by atoms with van der Waals surface area (Å²) >= 11 is 0. The standard InChI is InChI=1S/C18H30O6/c1-3-15(19)9-7-13-23-17(21)11-5-6-12-18(22)24-14-8-10-16(20)4-2/h3-4,15-16,19-20H,1-2,5-14H2. The summed E-state index contributed by atoms with van der Waals surface area (Å²) in [4.78, 5) is 22.9. The molecule has 2 atom stereocenters. The zero-order chi connectivity index (χ0) is 18.2. The molecule has 0 aromatic carbocycles. The lowest BCUT2D eigenvalue weighted by atomic mass is 10.2. The molecule has 6 heteroatoms. The van der Waals surface area contributed by atoms with Gasteiger partial charge in [0.15, 0.2) is 0 Å². The molecule has 2 N–H and O–H groups in total. The summed E-state index contributed by atoms with van der Waals surface area (Å²) in [5, 5.41) is 18.5. The van der Waals surface area contributed by atoms with Crippen molar-refractivity contribution in [1.29, 1.82) is 0 Å². The Morgan fingerprint density at radius 3 is 1.50 bits per heavy atom. The molecule has 0 rings (SSSR count). The van der Waals surface area contributed by atoms with Crippen LogP contribution in [0.15, 0.2) is 25.3 Å². The molecule has 2 unspecified atom stereocenters. The average molecular weight is 342 g/mol. The Balaban J connectivity index is 3.46. The van der Waals surface area contributed by atoms with E-state index < -0.39 is 12.2 Å². The second kappa shape index (κ2) is 14.9. The van der Waals surface area contributed by atoms with Gasteiger partial charge >= 0.3 is 11.9 Å². The number of esters is 2. The van der Waals surface area contributed by atoms with Crippen molar-refractivity contribution in [3.05, 3.63) is 25.3 Å². The molecule has 0 saturated carbocycles. The second-order valence-electron chi connectivity index (χ2n) is 5.54. The molecule has 0 aliphatic rings. The first-order valence-corrected chi connectivity index (χ1v) is 8.42. The molecule has 138 valence electrons. The number of carbonyl (C=O) groups is 2. The van der Waals surface area contributed by atoms with Crippen LogP contribution in [0.4, 0.5) is 0 Å². The molecular weight excluding hydrogens is 312 g/mol. The predicted octanol–water partition coefficient (Wildman–Crippen LogP) is 2.29. The van der Waals surface area contributed by atoms with Crippen LogP contribution in [0, 0.1) is 0 Å². The van der Waals surface area contributed by atoms with Crippen molar-refractivity contribution in [3.63, 3.8) is 0 Å². The molecule has 0 spiro atoms. The minimum atomic E-state index is -0.560. The van der Waals surface area contributed by atoms with Gasteiger partial charge < -0.3 is 19.7 Å². The van der Waals surface area contributed by atoms with Crippen LogP contribution in [0.1, 0.15) is 51.4 Å². The van der Waals surface area contributed by atoms with Crippen molar-refractivity contribution in [2.24, 2.45) is 0 Å². The Morgan fingerprint density at radius 1 is 0.792 bits per heavy atom. The Bertz CT molecular complexity index is 344. The lowest BCUT2D eigenvalue weighted by Gasteiger charge is -2.07. The highest BCUT2D eigenvalue weighted by Crippen LogP contribution is 2.05. The first-order valence-electron chi connectivity index (χ1n) is 8.42. The third kappa shape index (κ3) is 14.0. The van der Waals surface area contributed by atoms with Crippen LogP contribution in [0.25, 0.3) is 0 Å². The Hall–Kier alpha value is -1.66. The van der Waals surface area contributed by atoms with Crippen LogP contribution in [0.2, 0.25) is 0 Å². The maximum Gasteiger partial charge on any atom is 0.305 e. The lowest BCUT2D eigenvalue weighted by Crippen LogP contribution is -2.10. The van der Waals surface area contributed by atoms with E-state index in [1.807, 2.05) is 0 Å². The van der Waals surface area contributed by atoms with Gasteiger partial charge in [-0.3, -0.25) is 9.59 Å². The summed E-state index contributed by atoms with van der Waals surface area (Å²) in [5.74, 6) is -0.593. The van der Waals surface area contributed by atoms with E-state index in [-0.39, 0.29) is 38.0 Å². The third-order valence-electron chi connectivity index (χ3n) is 3.37. The first kappa shape index (κ1) is 22.3. The van der Waals surface area contributed by atoms with Crippen LogP contribution in [-0.4, -0.2) is 47.6 Å². The summed E-state index contributed by atoms with van der Waals surface area (Å²) in [5.41, 5.74) is 0. The van der Waals surface area contributed by atoms with Crippen molar-refractivity contribution < 1.29 is 29.3 Å². The van der Waals surface area contributed by atoms with E-state index in [9.17, 15) is 19.8 Å². The van der Waals surface area contributed by atoms with Crippen molar-refractivity contribution in [2.45, 2.75) is 63.6 Å². The molecule has 6 nitrogen and oxygen atoms in total. The average Bonchev–Trinajstić information content (AvgIpc) is 2.58. The Morgan fingerprint density at radius 2 is 1.17 bits per heavy atom. The van der Waals surface area contributed by atoms with Crippen molar-refractivity contribution in [2.75, 3.05) is 13.2 Å². The molecule has 0 aromatic heterocycles. The molecule has 24 heavy (non-hydrogen) atoms. The number of unbranched alkanes of at least 4 members (excludes halogenated alkanes) is 1. The van der Waals surface area contributed by atoms with Crippen molar-refractivity contribution in [1.82, 2.24) is 0 Å². The summed E-state index contributed by atoms with van der Waals surface area (Å²) in [7, 11) is 0. The number of hydrogen-bond acceptors (Lipinski definition) is 6. The van der Waals surface area contributed by atoms with Crippen LogP contribution in [0.3, 0.4) is 0 Å². The monoisotopic (exact) mass is 342 g/mol. The molecule has 0 aliphatic heterocycles. The number of rotatable bonds is 15. The van der Waals surface area contributed by atoms with Crippen molar-refractivity contribution >= 4 is 11.9 Å². The zero-order valence-corrected chi connectivity index (χ0v) is 14.3. The molecule has 0 bridgehead atoms. The second-order valence-corrected chi connectivity index (χ2v) is 5.54. The van der Waals surface area contributed by atoms with E-state index in [4.69, 9.17) is 9.47 Å². The minimum Gasteiger partial charge on any atom is -0.466 e. The van der Waals surface area contributed by atoms with Gasteiger partial charge in [-0.2, -0.15) is 0 Å². The fraction of sp³-hybridized carbons (Fsp3) is 0.667. The molecule has 0 fully saturated rings. The lowest BCUT2D eigenvalue weighted by molar-refractivity contribution is -0.146. The van der Waals surface area contributed by atoms with Crippen LogP contribution in [-0.2, 0) is 19.1 Å². The fourth-order valence-corrected chi connectivity index (χ4v) is 1.88. The number of hydrogen-bond donors (Lipinski definition) is 2. The quantitative estimate of drug-likeness (QED) is 0.269. The van der Waals surface area contributed by atoms with Crippen LogP contribution >= 0.6 is 0 Å². The van der Waals surface area contributed by atoms with Gasteiger partial charge in [-0.1, -0.05) is 12.2 Å². The number of aliphatic hydroxyl groups is 2. The van der Waals surface area contributed by atoms with E-state index >= 15 is 0 Å². The largest absolute Gasteiger partial charge is 0.466 e. The molecule has 0 aromatic rings. The van der Waals surface area contributed by atoms with Crippen molar-refractivity contribution in [3.8, 4) is 0 Å². The first-order chi connectivity index (χ1) is 11.5. The topological polar surface area (TPSA) is 93.1 Å². The van der Waals surface area contributed by atoms with Gasteiger partial charge in [-0.05, 0) is 38.5 Å². The van der Waals surface area contributed by atoms with Crippen LogP contribution < -0.4 is 0 Å². The SMILES string of the molecule is C=CC(O)CCCOC(=O)CCCCC(=O)OCCCC(O)C=C. The van der Waals surface area contributed by atoms with Gasteiger partial charge in [-0.15, -0.1) is 13.2 Å². The fourth-order valence-electron chi connectivity index (χ4n) is 1.88. The van der Waals surface area contributed by atoms with Gasteiger partial charge in [0.25, 0.3) is 0 Å². The Kier molecular flexibility index (Phi) is 13.9. The molecule has 0 radical (unpaired) electrons. The summed E-state index contributed by atoms with van der Waals surface area (Å²) < 4.78 is 10.0. The predicted molar refractivity (Wildman–Crippen MR) is 91.3 cm³/mol. The van der Waals surface area contributed by atoms with Gasteiger partial charge in [-0.25, -0.2) is 0 Å². The van der Waals surface area contributed by atoms with E-state index in [1.54, 1.807) is 0 Å². The minimum absolute atomic E-state index is 0.267. The number of ether oxygens (including phenoxy) is 2. The highest BCUT2D eigenvalue weighted by molar-refractivity contribution is 5.70. The van der Waals surface area contributed by atoms with Gasteiger partial charge in [0, 0.05) is 12.8 Å². The number of carbonyl (C=O) groups excluding carboxylic acids is 2. The van der Waals surface area contributed by atoms with Gasteiger partial charge in [0.1, 0.15) is 0 Å². The highest BCUT2D eigenvalue weighted by Gasteiger charge is 2.07. The Labute approximate surface area is 144 Å². The maximum atomic E-state index is 11.5. The normalized spacial score (nSPS) is 12.9. The van der Waals surface area contributed by atoms with Gasteiger partial charge in [0.2, 0.25) is 0 Å². The summed E-state index contributed by atoms with van der Waals surface area (Å²) in [6.45, 7) is 7.49.